The van der Waals surface area contributed by atoms with Crippen LogP contribution in [0.2, 0.25) is 0 Å². The molecule has 0 amide bonds. The number of thioether (sulfide) groups is 1. The Hall–Kier alpha value is -1.48. The average Bonchev–Trinajstić information content (AvgIpc) is 2.83. The van der Waals surface area contributed by atoms with Crippen molar-refractivity contribution in [2.45, 2.75) is 17.7 Å². The summed E-state index contributed by atoms with van der Waals surface area (Å²) in [6.07, 6.45) is 0. The van der Waals surface area contributed by atoms with Crippen LogP contribution >= 0.6 is 11.8 Å². The predicted octanol–water partition coefficient (Wildman–Crippen LogP) is 4.40. The van der Waals surface area contributed by atoms with Crippen molar-refractivity contribution in [2.24, 2.45) is 0 Å². The molecular formula is C16H15FOS. The van der Waals surface area contributed by atoms with E-state index in [-0.39, 0.29) is 5.82 Å². The van der Waals surface area contributed by atoms with Crippen molar-refractivity contribution in [3.8, 4) is 5.75 Å². The lowest BCUT2D eigenvalue weighted by atomic mass is 10.0. The van der Waals surface area contributed by atoms with E-state index in [2.05, 4.69) is 24.3 Å². The van der Waals surface area contributed by atoms with Crippen molar-refractivity contribution < 1.29 is 9.13 Å². The number of rotatable bonds is 3. The largest absolute Gasteiger partial charge is 0.493 e. The monoisotopic (exact) mass is 274 g/mol. The minimum atomic E-state index is -0.248. The first-order chi connectivity index (χ1) is 9.24. The zero-order chi connectivity index (χ0) is 13.2. The van der Waals surface area contributed by atoms with Crippen LogP contribution in [-0.4, -0.2) is 12.4 Å². The van der Waals surface area contributed by atoms with Crippen molar-refractivity contribution in [3.05, 3.63) is 59.4 Å². The second-order valence-electron chi connectivity index (χ2n) is 4.77. The molecule has 1 unspecified atom stereocenters. The van der Waals surface area contributed by atoms with E-state index in [1.807, 2.05) is 18.7 Å². The molecular weight excluding hydrogens is 259 g/mol. The summed E-state index contributed by atoms with van der Waals surface area (Å²) in [6.45, 7) is 2.54. The molecule has 1 atom stereocenters. The van der Waals surface area contributed by atoms with E-state index in [4.69, 9.17) is 4.74 Å². The Kier molecular flexibility index (Phi) is 3.47. The molecule has 0 radical (unpaired) electrons. The molecule has 2 aromatic carbocycles. The third-order valence-corrected chi connectivity index (χ3v) is 4.64. The van der Waals surface area contributed by atoms with Gasteiger partial charge < -0.3 is 4.74 Å². The van der Waals surface area contributed by atoms with Crippen LogP contribution < -0.4 is 4.74 Å². The predicted molar refractivity (Wildman–Crippen MR) is 76.5 cm³/mol. The van der Waals surface area contributed by atoms with Gasteiger partial charge in [0.1, 0.15) is 11.6 Å². The molecule has 0 spiro atoms. The van der Waals surface area contributed by atoms with Gasteiger partial charge in [-0.3, -0.25) is 0 Å². The molecule has 0 saturated carbocycles. The molecule has 19 heavy (non-hydrogen) atoms. The van der Waals surface area contributed by atoms with E-state index in [1.165, 1.54) is 22.6 Å². The van der Waals surface area contributed by atoms with Crippen LogP contribution in [0.4, 0.5) is 4.39 Å². The molecule has 1 heterocycles. The van der Waals surface area contributed by atoms with Gasteiger partial charge >= 0.3 is 0 Å². The van der Waals surface area contributed by atoms with E-state index >= 15 is 0 Å². The average molecular weight is 274 g/mol. The van der Waals surface area contributed by atoms with E-state index in [9.17, 15) is 4.39 Å². The fourth-order valence-electron chi connectivity index (χ4n) is 2.29. The van der Waals surface area contributed by atoms with Crippen molar-refractivity contribution in [2.75, 3.05) is 12.4 Å². The Morgan fingerprint density at radius 3 is 3.00 bits per heavy atom. The van der Waals surface area contributed by atoms with Crippen LogP contribution in [0.15, 0.2) is 47.4 Å². The minimum Gasteiger partial charge on any atom is -0.493 e. The first kappa shape index (κ1) is 12.5. The molecule has 1 aliphatic rings. The Bertz CT molecular complexity index is 597. The Morgan fingerprint density at radius 2 is 2.11 bits per heavy atom. The number of fused-ring (bicyclic) bond motifs is 1. The van der Waals surface area contributed by atoms with Gasteiger partial charge in [0.2, 0.25) is 0 Å². The smallest absolute Gasteiger partial charge is 0.126 e. The van der Waals surface area contributed by atoms with Crippen LogP contribution in [0.1, 0.15) is 17.0 Å². The topological polar surface area (TPSA) is 9.23 Å². The normalized spacial score (nSPS) is 17.3. The highest BCUT2D eigenvalue weighted by molar-refractivity contribution is 7.99. The molecule has 0 saturated heterocycles. The van der Waals surface area contributed by atoms with Crippen molar-refractivity contribution in [1.82, 2.24) is 0 Å². The maximum absolute atomic E-state index is 13.2. The number of ether oxygens (including phenoxy) is 1. The van der Waals surface area contributed by atoms with Gasteiger partial charge in [-0.15, -0.1) is 11.8 Å². The summed E-state index contributed by atoms with van der Waals surface area (Å²) in [4.78, 5) is 1.34. The summed E-state index contributed by atoms with van der Waals surface area (Å²) in [5.74, 6) is 1.83. The molecule has 1 nitrogen and oxygen atoms in total. The first-order valence-corrected chi connectivity index (χ1v) is 7.33. The Balaban J connectivity index is 1.72. The maximum atomic E-state index is 13.2. The maximum Gasteiger partial charge on any atom is 0.126 e. The quantitative estimate of drug-likeness (QED) is 0.820. The molecule has 98 valence electrons. The van der Waals surface area contributed by atoms with Gasteiger partial charge in [-0.2, -0.15) is 0 Å². The fourth-order valence-corrected chi connectivity index (χ4v) is 3.52. The fraction of sp³-hybridized carbons (Fsp3) is 0.250. The van der Waals surface area contributed by atoms with Crippen molar-refractivity contribution in [3.63, 3.8) is 0 Å². The lowest BCUT2D eigenvalue weighted by Gasteiger charge is -2.14. The minimum absolute atomic E-state index is 0.248. The van der Waals surface area contributed by atoms with Gasteiger partial charge in [0.15, 0.2) is 0 Å². The molecule has 3 heteroatoms. The number of aryl methyl sites for hydroxylation is 1. The highest BCUT2D eigenvalue weighted by atomic mass is 32.2. The van der Waals surface area contributed by atoms with Crippen LogP contribution in [-0.2, 0) is 0 Å². The number of benzene rings is 2. The van der Waals surface area contributed by atoms with Gasteiger partial charge in [-0.25, -0.2) is 4.39 Å². The van der Waals surface area contributed by atoms with Gasteiger partial charge in [0, 0.05) is 22.6 Å². The lowest BCUT2D eigenvalue weighted by molar-refractivity contribution is 0.294. The summed E-state index contributed by atoms with van der Waals surface area (Å²) in [5, 5.41) is 0. The molecule has 0 bridgehead atoms. The highest BCUT2D eigenvalue weighted by Gasteiger charge is 2.23. The number of hydrogen-bond acceptors (Lipinski definition) is 2. The van der Waals surface area contributed by atoms with E-state index in [0.717, 1.165) is 11.3 Å². The summed E-state index contributed by atoms with van der Waals surface area (Å²) in [5.41, 5.74) is 2.32. The summed E-state index contributed by atoms with van der Waals surface area (Å²) < 4.78 is 19.0. The SMILES string of the molecule is Cc1ccc(F)cc1OCC1CSc2ccccc21. The van der Waals surface area contributed by atoms with E-state index < -0.39 is 0 Å². The summed E-state index contributed by atoms with van der Waals surface area (Å²) >= 11 is 1.86. The number of hydrogen-bond donors (Lipinski definition) is 0. The van der Waals surface area contributed by atoms with Crippen molar-refractivity contribution in [1.29, 1.82) is 0 Å². The number of halogens is 1. The zero-order valence-electron chi connectivity index (χ0n) is 10.7. The third kappa shape index (κ3) is 2.61. The third-order valence-electron chi connectivity index (χ3n) is 3.39. The van der Waals surface area contributed by atoms with Gasteiger partial charge in [-0.1, -0.05) is 24.3 Å². The molecule has 0 aromatic heterocycles. The van der Waals surface area contributed by atoms with Crippen molar-refractivity contribution >= 4 is 11.8 Å². The molecule has 0 N–H and O–H groups in total. The zero-order valence-corrected chi connectivity index (χ0v) is 11.5. The molecule has 2 aromatic rings. The second kappa shape index (κ2) is 5.25. The van der Waals surface area contributed by atoms with Crippen LogP contribution in [0.5, 0.6) is 5.75 Å². The molecule has 0 aliphatic carbocycles. The molecule has 0 fully saturated rings. The van der Waals surface area contributed by atoms with Crippen LogP contribution in [0.3, 0.4) is 0 Å². The first-order valence-electron chi connectivity index (χ1n) is 6.35. The van der Waals surface area contributed by atoms with E-state index in [0.29, 0.717) is 18.3 Å². The molecule has 1 aliphatic heterocycles. The van der Waals surface area contributed by atoms with E-state index in [1.54, 1.807) is 6.07 Å². The Labute approximate surface area is 116 Å². The van der Waals surface area contributed by atoms with Gasteiger partial charge in [0.05, 0.1) is 6.61 Å². The Morgan fingerprint density at radius 1 is 1.26 bits per heavy atom. The summed E-state index contributed by atoms with van der Waals surface area (Å²) in [6, 6.07) is 13.1. The standard InChI is InChI=1S/C16H15FOS/c1-11-6-7-13(17)8-15(11)18-9-12-10-19-16-5-3-2-4-14(12)16/h2-8,12H,9-10H2,1H3. The lowest BCUT2D eigenvalue weighted by Crippen LogP contribution is -2.10. The van der Waals surface area contributed by atoms with Crippen LogP contribution in [0.25, 0.3) is 0 Å². The highest BCUT2D eigenvalue weighted by Crippen LogP contribution is 2.39. The molecule has 3 rings (SSSR count). The second-order valence-corrected chi connectivity index (χ2v) is 5.83. The van der Waals surface area contributed by atoms with Gasteiger partial charge in [-0.05, 0) is 30.2 Å². The van der Waals surface area contributed by atoms with Crippen LogP contribution in [0, 0.1) is 12.7 Å². The van der Waals surface area contributed by atoms with Gasteiger partial charge in [0.25, 0.3) is 0 Å². The summed E-state index contributed by atoms with van der Waals surface area (Å²) in [7, 11) is 0.